The number of ether oxygens (including phenoxy) is 1. The van der Waals surface area contributed by atoms with Gasteiger partial charge >= 0.3 is 0 Å². The SMILES string of the molecule is CCc1ccsc1C(NC)C1CCOC2(CCSCC2)C1. The molecule has 118 valence electrons. The Hall–Kier alpha value is -0.0300. The molecule has 2 unspecified atom stereocenters. The van der Waals surface area contributed by atoms with E-state index in [1.807, 2.05) is 11.3 Å². The van der Waals surface area contributed by atoms with Gasteiger partial charge in [-0.25, -0.2) is 0 Å². The van der Waals surface area contributed by atoms with Crippen molar-refractivity contribution in [3.63, 3.8) is 0 Å². The maximum absolute atomic E-state index is 6.27. The Balaban J connectivity index is 1.77. The van der Waals surface area contributed by atoms with E-state index in [1.54, 1.807) is 4.88 Å². The van der Waals surface area contributed by atoms with Crippen LogP contribution in [0.1, 0.15) is 49.1 Å². The van der Waals surface area contributed by atoms with Crippen molar-refractivity contribution in [2.24, 2.45) is 5.92 Å². The van der Waals surface area contributed by atoms with Crippen LogP contribution in [-0.4, -0.2) is 30.8 Å². The number of hydrogen-bond acceptors (Lipinski definition) is 4. The highest BCUT2D eigenvalue weighted by atomic mass is 32.2. The van der Waals surface area contributed by atoms with Crippen LogP contribution in [0.2, 0.25) is 0 Å². The molecule has 0 aromatic carbocycles. The first-order valence-electron chi connectivity index (χ1n) is 8.23. The summed E-state index contributed by atoms with van der Waals surface area (Å²) in [5.41, 5.74) is 1.71. The van der Waals surface area contributed by atoms with Gasteiger partial charge in [0.15, 0.2) is 0 Å². The normalized spacial score (nSPS) is 26.9. The second-order valence-electron chi connectivity index (χ2n) is 6.33. The molecule has 1 aromatic heterocycles. The first-order chi connectivity index (χ1) is 10.3. The van der Waals surface area contributed by atoms with Crippen LogP contribution in [0.3, 0.4) is 0 Å². The molecule has 2 fully saturated rings. The molecule has 3 heterocycles. The maximum atomic E-state index is 6.27. The molecule has 0 radical (unpaired) electrons. The van der Waals surface area contributed by atoms with Crippen LogP contribution in [0.5, 0.6) is 0 Å². The quantitative estimate of drug-likeness (QED) is 0.893. The number of hydrogen-bond donors (Lipinski definition) is 1. The molecule has 1 N–H and O–H groups in total. The molecule has 2 aliphatic heterocycles. The fourth-order valence-corrected chi connectivity index (χ4v) is 6.37. The highest BCUT2D eigenvalue weighted by Gasteiger charge is 2.41. The molecule has 0 saturated carbocycles. The standard InChI is InChI=1S/C17H27NOS2/c1-3-13-5-9-21-16(13)15(18-2)14-4-8-19-17(12-14)6-10-20-11-7-17/h5,9,14-15,18H,3-4,6-8,10-12H2,1-2H3. The lowest BCUT2D eigenvalue weighted by atomic mass is 9.78. The third-order valence-corrected chi connectivity index (χ3v) is 7.19. The molecule has 1 aromatic rings. The van der Waals surface area contributed by atoms with E-state index in [2.05, 4.69) is 42.5 Å². The Kier molecular flexibility index (Phi) is 5.31. The van der Waals surface area contributed by atoms with Crippen molar-refractivity contribution in [2.75, 3.05) is 25.2 Å². The van der Waals surface area contributed by atoms with E-state index in [0.717, 1.165) is 18.9 Å². The molecule has 2 aliphatic rings. The van der Waals surface area contributed by atoms with Crippen molar-refractivity contribution in [1.82, 2.24) is 5.32 Å². The minimum atomic E-state index is 0.187. The van der Waals surface area contributed by atoms with E-state index in [-0.39, 0.29) is 5.60 Å². The monoisotopic (exact) mass is 325 g/mol. The van der Waals surface area contributed by atoms with Crippen LogP contribution in [-0.2, 0) is 11.2 Å². The molecule has 1 spiro atoms. The van der Waals surface area contributed by atoms with Crippen LogP contribution >= 0.6 is 23.1 Å². The van der Waals surface area contributed by atoms with E-state index < -0.39 is 0 Å². The van der Waals surface area contributed by atoms with Gasteiger partial charge in [0.05, 0.1) is 5.60 Å². The van der Waals surface area contributed by atoms with Crippen molar-refractivity contribution in [3.8, 4) is 0 Å². The van der Waals surface area contributed by atoms with E-state index in [1.165, 1.54) is 42.8 Å². The average molecular weight is 326 g/mol. The smallest absolute Gasteiger partial charge is 0.0701 e. The lowest BCUT2D eigenvalue weighted by Crippen LogP contribution is -2.45. The zero-order valence-corrected chi connectivity index (χ0v) is 14.8. The zero-order valence-electron chi connectivity index (χ0n) is 13.2. The number of rotatable bonds is 4. The van der Waals surface area contributed by atoms with Crippen LogP contribution in [0.4, 0.5) is 0 Å². The Bertz CT molecular complexity index is 448. The van der Waals surface area contributed by atoms with Crippen LogP contribution in [0, 0.1) is 5.92 Å². The van der Waals surface area contributed by atoms with Crippen LogP contribution in [0.25, 0.3) is 0 Å². The van der Waals surface area contributed by atoms with Gasteiger partial charge in [-0.1, -0.05) is 6.92 Å². The van der Waals surface area contributed by atoms with Crippen molar-refractivity contribution >= 4 is 23.1 Å². The third kappa shape index (κ3) is 3.34. The lowest BCUT2D eigenvalue weighted by Gasteiger charge is -2.45. The van der Waals surface area contributed by atoms with Crippen molar-refractivity contribution in [3.05, 3.63) is 21.9 Å². The first kappa shape index (κ1) is 15.9. The Labute approximate surface area is 137 Å². The summed E-state index contributed by atoms with van der Waals surface area (Å²) in [6.45, 7) is 3.21. The van der Waals surface area contributed by atoms with Gasteiger partial charge in [0.2, 0.25) is 0 Å². The topological polar surface area (TPSA) is 21.3 Å². The van der Waals surface area contributed by atoms with Gasteiger partial charge in [0.25, 0.3) is 0 Å². The van der Waals surface area contributed by atoms with Crippen LogP contribution < -0.4 is 5.32 Å². The van der Waals surface area contributed by atoms with E-state index in [4.69, 9.17) is 4.74 Å². The predicted molar refractivity (Wildman–Crippen MR) is 93.5 cm³/mol. The summed E-state index contributed by atoms with van der Waals surface area (Å²) in [7, 11) is 2.13. The average Bonchev–Trinajstić information content (AvgIpc) is 2.97. The molecule has 0 amide bonds. The molecule has 2 saturated heterocycles. The van der Waals surface area contributed by atoms with Crippen molar-refractivity contribution < 1.29 is 4.74 Å². The highest BCUT2D eigenvalue weighted by molar-refractivity contribution is 7.99. The Morgan fingerprint density at radius 3 is 2.95 bits per heavy atom. The minimum absolute atomic E-state index is 0.187. The lowest BCUT2D eigenvalue weighted by molar-refractivity contribution is -0.107. The van der Waals surface area contributed by atoms with Gasteiger partial charge in [-0.15, -0.1) is 11.3 Å². The molecule has 2 nitrogen and oxygen atoms in total. The van der Waals surface area contributed by atoms with Crippen molar-refractivity contribution in [1.29, 1.82) is 0 Å². The van der Waals surface area contributed by atoms with E-state index in [0.29, 0.717) is 6.04 Å². The summed E-state index contributed by atoms with van der Waals surface area (Å²) in [6, 6.07) is 2.81. The molecule has 21 heavy (non-hydrogen) atoms. The highest BCUT2D eigenvalue weighted by Crippen LogP contribution is 2.44. The molecular formula is C17H27NOS2. The number of nitrogens with one attached hydrogen (secondary N) is 1. The first-order valence-corrected chi connectivity index (χ1v) is 10.3. The van der Waals surface area contributed by atoms with Crippen LogP contribution in [0.15, 0.2) is 11.4 Å². The molecule has 0 aliphatic carbocycles. The molecule has 0 bridgehead atoms. The zero-order chi connectivity index (χ0) is 14.7. The molecule has 4 heteroatoms. The van der Waals surface area contributed by atoms with Gasteiger partial charge in [0.1, 0.15) is 0 Å². The summed E-state index contributed by atoms with van der Waals surface area (Å²) in [6.07, 6.45) is 6.06. The maximum Gasteiger partial charge on any atom is 0.0701 e. The Morgan fingerprint density at radius 2 is 2.24 bits per heavy atom. The largest absolute Gasteiger partial charge is 0.375 e. The minimum Gasteiger partial charge on any atom is -0.375 e. The Morgan fingerprint density at radius 1 is 1.43 bits per heavy atom. The fraction of sp³-hybridized carbons (Fsp3) is 0.765. The summed E-state index contributed by atoms with van der Waals surface area (Å²) >= 11 is 4.02. The number of aryl methyl sites for hydroxylation is 1. The second kappa shape index (κ2) is 7.03. The molecule has 3 rings (SSSR count). The van der Waals surface area contributed by atoms with Gasteiger partial charge in [0, 0.05) is 17.5 Å². The number of thiophene rings is 1. The fourth-order valence-electron chi connectivity index (χ4n) is 3.94. The summed E-state index contributed by atoms with van der Waals surface area (Å²) in [4.78, 5) is 1.56. The predicted octanol–water partition coefficient (Wildman–Crippen LogP) is 4.26. The summed E-state index contributed by atoms with van der Waals surface area (Å²) in [5, 5.41) is 5.88. The summed E-state index contributed by atoms with van der Waals surface area (Å²) in [5.74, 6) is 3.27. The van der Waals surface area contributed by atoms with Crippen molar-refractivity contribution in [2.45, 2.75) is 50.7 Å². The van der Waals surface area contributed by atoms with Gasteiger partial charge < -0.3 is 10.1 Å². The van der Waals surface area contributed by atoms with Gasteiger partial charge in [-0.05, 0) is 73.6 Å². The van der Waals surface area contributed by atoms with E-state index in [9.17, 15) is 0 Å². The van der Waals surface area contributed by atoms with Gasteiger partial charge in [-0.2, -0.15) is 11.8 Å². The summed E-state index contributed by atoms with van der Waals surface area (Å²) < 4.78 is 6.27. The van der Waals surface area contributed by atoms with Gasteiger partial charge in [-0.3, -0.25) is 0 Å². The number of thioether (sulfide) groups is 1. The molecule has 2 atom stereocenters. The molecular weight excluding hydrogens is 298 g/mol. The van der Waals surface area contributed by atoms with E-state index >= 15 is 0 Å². The third-order valence-electron chi connectivity index (χ3n) is 5.16. The second-order valence-corrected chi connectivity index (χ2v) is 8.50.